The van der Waals surface area contributed by atoms with Crippen molar-refractivity contribution in [2.75, 3.05) is 39.8 Å². The Morgan fingerprint density at radius 3 is 3.00 bits per heavy atom. The smallest absolute Gasteiger partial charge is 0.224 e. The molecule has 2 saturated heterocycles. The minimum Gasteiger partial charge on any atom is -0.356 e. The molecule has 0 spiro atoms. The number of carbonyl (C=O) groups excluding carboxylic acids is 1. The minimum absolute atomic E-state index is 0.228. The Bertz CT molecular complexity index is 238. The highest BCUT2D eigenvalue weighted by Gasteiger charge is 2.25. The van der Waals surface area contributed by atoms with Gasteiger partial charge in [-0.25, -0.2) is 0 Å². The second kappa shape index (κ2) is 5.64. The summed E-state index contributed by atoms with van der Waals surface area (Å²) in [6.07, 6.45) is 3.41. The zero-order valence-corrected chi connectivity index (χ0v) is 10.2. The molecule has 0 radical (unpaired) electrons. The van der Waals surface area contributed by atoms with Gasteiger partial charge in [-0.1, -0.05) is 0 Å². The van der Waals surface area contributed by atoms with Gasteiger partial charge in [0.1, 0.15) is 0 Å². The monoisotopic (exact) mass is 225 g/mol. The molecule has 0 aliphatic carbocycles. The number of hydrogen-bond acceptors (Lipinski definition) is 3. The molecule has 2 aliphatic rings. The molecule has 0 bridgehead atoms. The fourth-order valence-electron chi connectivity index (χ4n) is 2.65. The first-order valence-corrected chi connectivity index (χ1v) is 6.42. The van der Waals surface area contributed by atoms with Crippen molar-refractivity contribution in [1.29, 1.82) is 0 Å². The molecule has 2 N–H and O–H groups in total. The molecule has 4 heteroatoms. The summed E-state index contributed by atoms with van der Waals surface area (Å²) in [4.78, 5) is 14.0. The number of rotatable bonds is 4. The first-order valence-electron chi connectivity index (χ1n) is 6.42. The lowest BCUT2D eigenvalue weighted by Gasteiger charge is -2.13. The molecule has 0 aromatic rings. The van der Waals surface area contributed by atoms with Gasteiger partial charge >= 0.3 is 0 Å². The van der Waals surface area contributed by atoms with Crippen LogP contribution in [0.1, 0.15) is 19.3 Å². The maximum absolute atomic E-state index is 11.8. The second-order valence-electron chi connectivity index (χ2n) is 5.19. The van der Waals surface area contributed by atoms with Gasteiger partial charge in [0.15, 0.2) is 0 Å². The predicted octanol–water partition coefficient (Wildman–Crippen LogP) is 0.0539. The molecule has 2 atom stereocenters. The van der Waals surface area contributed by atoms with Gasteiger partial charge in [-0.2, -0.15) is 0 Å². The van der Waals surface area contributed by atoms with Gasteiger partial charge in [-0.3, -0.25) is 4.79 Å². The molecule has 2 unspecified atom stereocenters. The zero-order chi connectivity index (χ0) is 11.4. The maximum atomic E-state index is 11.8. The van der Waals surface area contributed by atoms with Crippen molar-refractivity contribution in [2.45, 2.75) is 19.3 Å². The van der Waals surface area contributed by atoms with Crippen LogP contribution in [0, 0.1) is 11.8 Å². The highest BCUT2D eigenvalue weighted by Crippen LogP contribution is 2.15. The van der Waals surface area contributed by atoms with Gasteiger partial charge in [0, 0.05) is 13.1 Å². The average molecular weight is 225 g/mol. The van der Waals surface area contributed by atoms with E-state index < -0.39 is 0 Å². The Labute approximate surface area is 97.8 Å². The average Bonchev–Trinajstić information content (AvgIpc) is 2.89. The minimum atomic E-state index is 0.228. The fraction of sp³-hybridized carbons (Fsp3) is 0.917. The van der Waals surface area contributed by atoms with E-state index in [-0.39, 0.29) is 11.8 Å². The highest BCUT2D eigenvalue weighted by atomic mass is 16.1. The third kappa shape index (κ3) is 3.19. The Hall–Kier alpha value is -0.610. The van der Waals surface area contributed by atoms with Gasteiger partial charge < -0.3 is 15.5 Å². The van der Waals surface area contributed by atoms with E-state index in [9.17, 15) is 4.79 Å². The van der Waals surface area contributed by atoms with Crippen molar-refractivity contribution in [3.63, 3.8) is 0 Å². The number of nitrogens with zero attached hydrogens (tertiary/aromatic N) is 1. The molecule has 2 fully saturated rings. The molecule has 16 heavy (non-hydrogen) atoms. The summed E-state index contributed by atoms with van der Waals surface area (Å²) in [5.74, 6) is 1.26. The van der Waals surface area contributed by atoms with Gasteiger partial charge in [0.2, 0.25) is 5.91 Å². The lowest BCUT2D eigenvalue weighted by molar-refractivity contribution is -0.124. The second-order valence-corrected chi connectivity index (χ2v) is 5.19. The van der Waals surface area contributed by atoms with Crippen LogP contribution in [-0.4, -0.2) is 50.6 Å². The van der Waals surface area contributed by atoms with Crippen LogP contribution in [0.15, 0.2) is 0 Å². The summed E-state index contributed by atoms with van der Waals surface area (Å²) in [5, 5.41) is 6.43. The van der Waals surface area contributed by atoms with Crippen molar-refractivity contribution in [1.82, 2.24) is 15.5 Å². The van der Waals surface area contributed by atoms with E-state index in [4.69, 9.17) is 0 Å². The molecule has 2 aliphatic heterocycles. The van der Waals surface area contributed by atoms with E-state index in [1.165, 1.54) is 6.42 Å². The van der Waals surface area contributed by atoms with E-state index in [1.807, 2.05) is 0 Å². The Morgan fingerprint density at radius 2 is 2.38 bits per heavy atom. The first-order chi connectivity index (χ1) is 7.75. The first kappa shape index (κ1) is 11.9. The van der Waals surface area contributed by atoms with Crippen molar-refractivity contribution in [3.05, 3.63) is 0 Å². The molecule has 2 rings (SSSR count). The molecule has 0 saturated carbocycles. The molecule has 0 aromatic carbocycles. The number of nitrogens with one attached hydrogen (secondary N) is 2. The summed E-state index contributed by atoms with van der Waals surface area (Å²) in [6, 6.07) is 0. The molecule has 4 nitrogen and oxygen atoms in total. The Balaban J connectivity index is 1.60. The van der Waals surface area contributed by atoms with Gasteiger partial charge in [0.25, 0.3) is 0 Å². The van der Waals surface area contributed by atoms with E-state index in [1.54, 1.807) is 0 Å². The summed E-state index contributed by atoms with van der Waals surface area (Å²) in [7, 11) is 2.08. The third-order valence-electron chi connectivity index (χ3n) is 3.78. The topological polar surface area (TPSA) is 44.4 Å². The highest BCUT2D eigenvalue weighted by molar-refractivity contribution is 5.79. The fourth-order valence-corrected chi connectivity index (χ4v) is 2.65. The quantitative estimate of drug-likeness (QED) is 0.711. The lowest BCUT2D eigenvalue weighted by Crippen LogP contribution is -2.33. The molecular formula is C12H23N3O. The summed E-state index contributed by atoms with van der Waals surface area (Å²) in [6.45, 7) is 5.11. The zero-order valence-electron chi connectivity index (χ0n) is 10.2. The SMILES string of the molecule is CN1CCC(C(=O)NCCC2CCNC2)C1. The summed E-state index contributed by atoms with van der Waals surface area (Å²) in [5.41, 5.74) is 0. The number of hydrogen-bond donors (Lipinski definition) is 2. The van der Waals surface area contributed by atoms with Crippen LogP contribution in [0.2, 0.25) is 0 Å². The maximum Gasteiger partial charge on any atom is 0.224 e. The summed E-state index contributed by atoms with van der Waals surface area (Å²) >= 11 is 0. The van der Waals surface area contributed by atoms with E-state index in [0.29, 0.717) is 0 Å². The molecule has 1 amide bonds. The van der Waals surface area contributed by atoms with Crippen LogP contribution in [0.4, 0.5) is 0 Å². The number of carbonyl (C=O) groups is 1. The van der Waals surface area contributed by atoms with Crippen molar-refractivity contribution in [2.24, 2.45) is 11.8 Å². The summed E-state index contributed by atoms with van der Waals surface area (Å²) < 4.78 is 0. The van der Waals surface area contributed by atoms with Crippen LogP contribution in [0.25, 0.3) is 0 Å². The van der Waals surface area contributed by atoms with Crippen molar-refractivity contribution < 1.29 is 4.79 Å². The van der Waals surface area contributed by atoms with E-state index in [0.717, 1.165) is 51.5 Å². The van der Waals surface area contributed by atoms with Gasteiger partial charge in [-0.15, -0.1) is 0 Å². The normalized spacial score (nSPS) is 30.8. The predicted molar refractivity (Wildman–Crippen MR) is 64.2 cm³/mol. The Morgan fingerprint density at radius 1 is 1.50 bits per heavy atom. The standard InChI is InChI=1S/C12H23N3O/c1-15-7-4-11(9-15)12(16)14-6-3-10-2-5-13-8-10/h10-11,13H,2-9H2,1H3,(H,14,16). The Kier molecular flexibility index (Phi) is 4.18. The van der Waals surface area contributed by atoms with Crippen LogP contribution < -0.4 is 10.6 Å². The van der Waals surface area contributed by atoms with Gasteiger partial charge in [-0.05, 0) is 51.9 Å². The van der Waals surface area contributed by atoms with Crippen molar-refractivity contribution in [3.8, 4) is 0 Å². The molecule has 0 aromatic heterocycles. The molecule has 92 valence electrons. The van der Waals surface area contributed by atoms with Crippen LogP contribution in [0.3, 0.4) is 0 Å². The van der Waals surface area contributed by atoms with Gasteiger partial charge in [0.05, 0.1) is 5.92 Å². The number of amides is 1. The molecular weight excluding hydrogens is 202 g/mol. The largest absolute Gasteiger partial charge is 0.356 e. The number of likely N-dealkylation sites (tertiary alicyclic amines) is 1. The third-order valence-corrected chi connectivity index (χ3v) is 3.78. The molecule has 2 heterocycles. The van der Waals surface area contributed by atoms with E-state index >= 15 is 0 Å². The van der Waals surface area contributed by atoms with Crippen molar-refractivity contribution >= 4 is 5.91 Å². The van der Waals surface area contributed by atoms with Crippen LogP contribution >= 0.6 is 0 Å². The van der Waals surface area contributed by atoms with Crippen LogP contribution in [-0.2, 0) is 4.79 Å². The van der Waals surface area contributed by atoms with Crippen LogP contribution in [0.5, 0.6) is 0 Å². The van der Waals surface area contributed by atoms with E-state index in [2.05, 4.69) is 22.6 Å². The lowest BCUT2D eigenvalue weighted by atomic mass is 10.0.